The summed E-state index contributed by atoms with van der Waals surface area (Å²) in [6.07, 6.45) is 1.82. The smallest absolute Gasteiger partial charge is 0.195 e. The van der Waals surface area contributed by atoms with Crippen LogP contribution in [0.25, 0.3) is 0 Å². The monoisotopic (exact) mass is 239 g/mol. The minimum Gasteiger partial charge on any atom is -0.195 e. The second kappa shape index (κ2) is 3.99. The minimum atomic E-state index is -3.49. The summed E-state index contributed by atoms with van der Waals surface area (Å²) in [6.45, 7) is 7.72. The van der Waals surface area contributed by atoms with Crippen LogP contribution in [0.1, 0.15) is 33.6 Å². The number of rotatable bonds is 1. The van der Waals surface area contributed by atoms with E-state index in [4.69, 9.17) is 10.7 Å². The summed E-state index contributed by atoms with van der Waals surface area (Å²) in [5.74, 6) is 0.595. The summed E-state index contributed by atoms with van der Waals surface area (Å²) in [4.78, 5) is 0. The fraction of sp³-hybridized carbons (Fsp3) is 1.00. The topological polar surface area (TPSA) is 37.4 Å². The van der Waals surface area contributed by atoms with Crippen LogP contribution in [0, 0.1) is 11.3 Å². The van der Waals surface area contributed by atoms with Gasteiger partial charge in [0.1, 0.15) is 0 Å². The Morgan fingerprint density at radius 2 is 1.64 bits per heavy atom. The SMILES string of the molecule is CC(C)(C)C1CCN(S(=O)(=O)Cl)CC1. The molecule has 0 aromatic carbocycles. The number of hydrogen-bond donors (Lipinski definition) is 0. The summed E-state index contributed by atoms with van der Waals surface area (Å²) in [5.41, 5.74) is 0.266. The quantitative estimate of drug-likeness (QED) is 0.658. The maximum Gasteiger partial charge on any atom is 0.299 e. The molecule has 0 aromatic heterocycles. The van der Waals surface area contributed by atoms with Gasteiger partial charge in [-0.1, -0.05) is 20.8 Å². The van der Waals surface area contributed by atoms with Gasteiger partial charge >= 0.3 is 0 Å². The van der Waals surface area contributed by atoms with Crippen molar-refractivity contribution in [1.82, 2.24) is 4.31 Å². The van der Waals surface area contributed by atoms with Gasteiger partial charge in [0.05, 0.1) is 0 Å². The van der Waals surface area contributed by atoms with Gasteiger partial charge < -0.3 is 0 Å². The van der Waals surface area contributed by atoms with Gasteiger partial charge in [0.15, 0.2) is 0 Å². The normalized spacial score (nSPS) is 22.6. The third-order valence-electron chi connectivity index (χ3n) is 2.99. The Labute approximate surface area is 91.0 Å². The zero-order valence-electron chi connectivity index (χ0n) is 8.96. The molecular weight excluding hydrogens is 222 g/mol. The van der Waals surface area contributed by atoms with Crippen molar-refractivity contribution >= 4 is 19.9 Å². The van der Waals surface area contributed by atoms with Crippen molar-refractivity contribution < 1.29 is 8.42 Å². The first-order chi connectivity index (χ1) is 6.21. The van der Waals surface area contributed by atoms with Gasteiger partial charge in [0.2, 0.25) is 0 Å². The Morgan fingerprint density at radius 1 is 1.21 bits per heavy atom. The maximum absolute atomic E-state index is 11.0. The Balaban J connectivity index is 2.56. The van der Waals surface area contributed by atoms with Crippen LogP contribution in [0.4, 0.5) is 0 Å². The molecule has 3 nitrogen and oxygen atoms in total. The molecule has 0 amide bonds. The van der Waals surface area contributed by atoms with Gasteiger partial charge in [-0.3, -0.25) is 0 Å². The van der Waals surface area contributed by atoms with Crippen molar-refractivity contribution in [3.05, 3.63) is 0 Å². The standard InChI is InChI=1S/C9H18ClNO2S/c1-9(2,3)8-4-6-11(7-5-8)14(10,12)13/h8H,4-7H2,1-3H3. The highest BCUT2D eigenvalue weighted by molar-refractivity contribution is 8.11. The lowest BCUT2D eigenvalue weighted by Crippen LogP contribution is -2.39. The average Bonchev–Trinajstić information content (AvgIpc) is 2.01. The van der Waals surface area contributed by atoms with Crippen LogP contribution >= 0.6 is 10.7 Å². The second-order valence-electron chi connectivity index (χ2n) is 4.98. The summed E-state index contributed by atoms with van der Waals surface area (Å²) in [5, 5.41) is 0. The van der Waals surface area contributed by atoms with Gasteiger partial charge in [-0.2, -0.15) is 12.7 Å². The highest BCUT2D eigenvalue weighted by Gasteiger charge is 2.32. The summed E-state index contributed by atoms with van der Waals surface area (Å²) in [7, 11) is 1.78. The van der Waals surface area contributed by atoms with Crippen LogP contribution in [-0.2, 0) is 9.24 Å². The molecule has 1 rings (SSSR count). The first-order valence-electron chi connectivity index (χ1n) is 4.91. The fourth-order valence-electron chi connectivity index (χ4n) is 1.94. The lowest BCUT2D eigenvalue weighted by atomic mass is 9.76. The van der Waals surface area contributed by atoms with E-state index < -0.39 is 9.24 Å². The van der Waals surface area contributed by atoms with Crippen LogP contribution in [0.2, 0.25) is 0 Å². The Hall–Kier alpha value is 0.200. The highest BCUT2D eigenvalue weighted by Crippen LogP contribution is 2.35. The van der Waals surface area contributed by atoms with Crippen molar-refractivity contribution in [2.24, 2.45) is 11.3 Å². The molecule has 0 radical (unpaired) electrons. The lowest BCUT2D eigenvalue weighted by Gasteiger charge is -2.37. The van der Waals surface area contributed by atoms with Crippen LogP contribution in [0.5, 0.6) is 0 Å². The van der Waals surface area contributed by atoms with Crippen molar-refractivity contribution in [3.63, 3.8) is 0 Å². The molecule has 1 saturated heterocycles. The Morgan fingerprint density at radius 3 is 1.93 bits per heavy atom. The molecule has 0 N–H and O–H groups in total. The molecule has 0 saturated carbocycles. The number of piperidine rings is 1. The summed E-state index contributed by atoms with van der Waals surface area (Å²) in [6, 6.07) is 0. The molecule has 84 valence electrons. The second-order valence-corrected chi connectivity index (χ2v) is 7.49. The van der Waals surface area contributed by atoms with E-state index in [0.717, 1.165) is 12.8 Å². The number of halogens is 1. The molecule has 1 fully saturated rings. The van der Waals surface area contributed by atoms with Crippen molar-refractivity contribution in [2.75, 3.05) is 13.1 Å². The zero-order chi connectivity index (χ0) is 11.0. The molecule has 1 aliphatic heterocycles. The van der Waals surface area contributed by atoms with Crippen molar-refractivity contribution in [1.29, 1.82) is 0 Å². The van der Waals surface area contributed by atoms with Crippen molar-refractivity contribution in [2.45, 2.75) is 33.6 Å². The molecule has 0 unspecified atom stereocenters. The molecule has 1 heterocycles. The lowest BCUT2D eigenvalue weighted by molar-refractivity contribution is 0.155. The molecule has 0 aliphatic carbocycles. The van der Waals surface area contributed by atoms with E-state index in [1.807, 2.05) is 0 Å². The van der Waals surface area contributed by atoms with Crippen LogP contribution in [0.3, 0.4) is 0 Å². The van der Waals surface area contributed by atoms with Crippen LogP contribution < -0.4 is 0 Å². The van der Waals surface area contributed by atoms with E-state index >= 15 is 0 Å². The predicted molar refractivity (Wildman–Crippen MR) is 58.5 cm³/mol. The van der Waals surface area contributed by atoms with Gasteiger partial charge in [-0.25, -0.2) is 0 Å². The Bertz CT molecular complexity index is 286. The van der Waals surface area contributed by atoms with E-state index in [-0.39, 0.29) is 5.41 Å². The molecule has 0 atom stereocenters. The summed E-state index contributed by atoms with van der Waals surface area (Å²) < 4.78 is 23.4. The minimum absolute atomic E-state index is 0.266. The van der Waals surface area contributed by atoms with Crippen molar-refractivity contribution in [3.8, 4) is 0 Å². The van der Waals surface area contributed by atoms with E-state index in [9.17, 15) is 8.42 Å². The van der Waals surface area contributed by atoms with Crippen LogP contribution in [-0.4, -0.2) is 25.8 Å². The maximum atomic E-state index is 11.0. The third kappa shape index (κ3) is 3.11. The number of hydrogen-bond acceptors (Lipinski definition) is 2. The van der Waals surface area contributed by atoms with E-state index in [2.05, 4.69) is 20.8 Å². The molecular formula is C9H18ClNO2S. The molecule has 0 aromatic rings. The average molecular weight is 240 g/mol. The highest BCUT2D eigenvalue weighted by atomic mass is 35.7. The van der Waals surface area contributed by atoms with E-state index in [0.29, 0.717) is 19.0 Å². The third-order valence-corrected chi connectivity index (χ3v) is 4.55. The number of nitrogens with zero attached hydrogens (tertiary/aromatic N) is 1. The zero-order valence-corrected chi connectivity index (χ0v) is 10.5. The van der Waals surface area contributed by atoms with Gasteiger partial charge in [0.25, 0.3) is 9.24 Å². The van der Waals surface area contributed by atoms with Crippen LogP contribution in [0.15, 0.2) is 0 Å². The van der Waals surface area contributed by atoms with E-state index in [1.54, 1.807) is 0 Å². The van der Waals surface area contributed by atoms with E-state index in [1.165, 1.54) is 4.31 Å². The molecule has 0 spiro atoms. The molecule has 5 heteroatoms. The van der Waals surface area contributed by atoms with Gasteiger partial charge in [0, 0.05) is 23.8 Å². The summed E-state index contributed by atoms with van der Waals surface area (Å²) >= 11 is 0. The van der Waals surface area contributed by atoms with Gasteiger partial charge in [-0.15, -0.1) is 0 Å². The molecule has 1 aliphatic rings. The molecule has 14 heavy (non-hydrogen) atoms. The first kappa shape index (κ1) is 12.3. The Kier molecular flexibility index (Phi) is 3.49. The van der Waals surface area contributed by atoms with Gasteiger partial charge in [-0.05, 0) is 24.2 Å². The predicted octanol–water partition coefficient (Wildman–Crippen LogP) is 2.23. The fourth-order valence-corrected chi connectivity index (χ4v) is 3.00. The molecule has 0 bridgehead atoms. The first-order valence-corrected chi connectivity index (χ1v) is 7.17. The largest absolute Gasteiger partial charge is 0.299 e.